The van der Waals surface area contributed by atoms with Gasteiger partial charge in [0, 0.05) is 31.3 Å². The average Bonchev–Trinajstić information content (AvgIpc) is 2.66. The molecule has 1 fully saturated rings. The maximum Gasteiger partial charge on any atom is 0.350 e. The zero-order valence-corrected chi connectivity index (χ0v) is 15.8. The number of carbonyl (C=O) groups is 2. The molecule has 1 aliphatic rings. The Kier molecular flexibility index (Phi) is 5.16. The Labute approximate surface area is 161 Å². The number of carbonyl (C=O) groups excluding carboxylic acids is 2. The van der Waals surface area contributed by atoms with E-state index in [0.717, 1.165) is 0 Å². The van der Waals surface area contributed by atoms with Crippen LogP contribution < -0.4 is 14.8 Å². The second-order valence-electron chi connectivity index (χ2n) is 6.24. The van der Waals surface area contributed by atoms with Gasteiger partial charge >= 0.3 is 11.9 Å². The molecular formula is C19H19N3O6. The fourth-order valence-corrected chi connectivity index (χ4v) is 2.42. The summed E-state index contributed by atoms with van der Waals surface area (Å²) in [4.78, 5) is 32.6. The molecule has 28 heavy (non-hydrogen) atoms. The van der Waals surface area contributed by atoms with Crippen molar-refractivity contribution in [2.45, 2.75) is 19.6 Å². The highest BCUT2D eigenvalue weighted by atomic mass is 16.7. The first-order valence-electron chi connectivity index (χ1n) is 8.32. The Morgan fingerprint density at radius 1 is 1.00 bits per heavy atom. The normalized spacial score (nSPS) is 15.4. The number of ether oxygens (including phenoxy) is 4. The summed E-state index contributed by atoms with van der Waals surface area (Å²) in [6.45, 7) is 2.97. The summed E-state index contributed by atoms with van der Waals surface area (Å²) in [5.74, 6) is -1.69. The molecule has 0 unspecified atom stereocenters. The number of anilines is 1. The number of rotatable bonds is 5. The predicted octanol–water partition coefficient (Wildman–Crippen LogP) is 2.29. The van der Waals surface area contributed by atoms with E-state index in [-0.39, 0.29) is 5.57 Å². The summed E-state index contributed by atoms with van der Waals surface area (Å²) in [6.07, 6.45) is 1.24. The Morgan fingerprint density at radius 2 is 1.61 bits per heavy atom. The first-order chi connectivity index (χ1) is 13.3. The molecule has 146 valence electrons. The zero-order valence-electron chi connectivity index (χ0n) is 15.8. The van der Waals surface area contributed by atoms with Gasteiger partial charge in [-0.1, -0.05) is 12.1 Å². The van der Waals surface area contributed by atoms with E-state index < -0.39 is 17.7 Å². The second kappa shape index (κ2) is 7.55. The second-order valence-corrected chi connectivity index (χ2v) is 6.24. The van der Waals surface area contributed by atoms with Crippen LogP contribution in [0.4, 0.5) is 5.69 Å². The zero-order chi connectivity index (χ0) is 20.3. The molecule has 9 nitrogen and oxygen atoms in total. The van der Waals surface area contributed by atoms with Crippen LogP contribution in [0.5, 0.6) is 11.8 Å². The lowest BCUT2D eigenvalue weighted by atomic mass is 10.2. The van der Waals surface area contributed by atoms with Crippen molar-refractivity contribution in [3.05, 3.63) is 42.1 Å². The molecule has 1 aromatic heterocycles. The van der Waals surface area contributed by atoms with E-state index in [0.29, 0.717) is 28.8 Å². The van der Waals surface area contributed by atoms with Gasteiger partial charge in [-0.25, -0.2) is 9.59 Å². The van der Waals surface area contributed by atoms with E-state index >= 15 is 0 Å². The van der Waals surface area contributed by atoms with Gasteiger partial charge in [-0.05, 0) is 12.1 Å². The summed E-state index contributed by atoms with van der Waals surface area (Å²) in [7, 11) is 3.00. The molecule has 3 rings (SSSR count). The molecular weight excluding hydrogens is 366 g/mol. The Bertz CT molecular complexity index is 910. The topological polar surface area (TPSA) is 109 Å². The lowest BCUT2D eigenvalue weighted by molar-refractivity contribution is -0.222. The number of cyclic esters (lactones) is 2. The van der Waals surface area contributed by atoms with Crippen molar-refractivity contribution in [1.82, 2.24) is 9.97 Å². The van der Waals surface area contributed by atoms with Crippen LogP contribution in [-0.4, -0.2) is 41.9 Å². The van der Waals surface area contributed by atoms with Gasteiger partial charge in [0.15, 0.2) is 11.4 Å². The first-order valence-corrected chi connectivity index (χ1v) is 8.32. The first kappa shape index (κ1) is 19.2. The van der Waals surface area contributed by atoms with Gasteiger partial charge in [0.25, 0.3) is 5.79 Å². The Balaban J connectivity index is 1.85. The molecule has 0 amide bonds. The van der Waals surface area contributed by atoms with Crippen molar-refractivity contribution in [2.24, 2.45) is 0 Å². The van der Waals surface area contributed by atoms with Crippen molar-refractivity contribution in [3.63, 3.8) is 0 Å². The number of nitrogens with one attached hydrogen (secondary N) is 1. The smallest absolute Gasteiger partial charge is 0.350 e. The molecule has 0 aliphatic carbocycles. The largest absolute Gasteiger partial charge is 0.481 e. The number of hydrogen-bond acceptors (Lipinski definition) is 9. The minimum Gasteiger partial charge on any atom is -0.481 e. The lowest BCUT2D eigenvalue weighted by Gasteiger charge is -2.29. The summed E-state index contributed by atoms with van der Waals surface area (Å²) in [6, 6.07) is 8.64. The molecule has 1 N–H and O–H groups in total. The van der Waals surface area contributed by atoms with Gasteiger partial charge in [0.2, 0.25) is 11.8 Å². The van der Waals surface area contributed by atoms with Gasteiger partial charge < -0.3 is 24.3 Å². The predicted molar refractivity (Wildman–Crippen MR) is 98.5 cm³/mol. The van der Waals surface area contributed by atoms with Gasteiger partial charge in [0.05, 0.1) is 20.3 Å². The van der Waals surface area contributed by atoms with E-state index in [4.69, 9.17) is 18.9 Å². The maximum absolute atomic E-state index is 12.0. The fraction of sp³-hybridized carbons (Fsp3) is 0.263. The van der Waals surface area contributed by atoms with Crippen LogP contribution in [0.25, 0.3) is 11.4 Å². The number of methoxy groups -OCH3 is 2. The highest BCUT2D eigenvalue weighted by Gasteiger charge is 2.38. The van der Waals surface area contributed by atoms with Crippen LogP contribution in [0.15, 0.2) is 42.1 Å². The minimum atomic E-state index is -1.28. The molecule has 9 heteroatoms. The highest BCUT2D eigenvalue weighted by Crippen LogP contribution is 2.26. The molecule has 1 aromatic carbocycles. The summed E-state index contributed by atoms with van der Waals surface area (Å²) in [5.41, 5.74) is 1.04. The Morgan fingerprint density at radius 3 is 2.18 bits per heavy atom. The number of nitrogens with zero attached hydrogens (tertiary/aromatic N) is 2. The van der Waals surface area contributed by atoms with E-state index in [1.54, 1.807) is 30.3 Å². The van der Waals surface area contributed by atoms with Crippen LogP contribution >= 0.6 is 0 Å². The van der Waals surface area contributed by atoms with Gasteiger partial charge in [0.1, 0.15) is 0 Å². The van der Waals surface area contributed by atoms with E-state index in [1.807, 2.05) is 0 Å². The van der Waals surface area contributed by atoms with Gasteiger partial charge in [-0.3, -0.25) is 0 Å². The van der Waals surface area contributed by atoms with Crippen molar-refractivity contribution in [3.8, 4) is 23.1 Å². The van der Waals surface area contributed by atoms with Crippen LogP contribution in [0.3, 0.4) is 0 Å². The molecule has 1 aliphatic heterocycles. The standard InChI is InChI=1S/C19H19N3O6/c1-19(2)27-17(23)13(18(24)28-19)10-20-12-7-5-6-11(8-12)16-21-14(25-3)9-15(22-16)26-4/h5-10,20H,1-4H3. The van der Waals surface area contributed by atoms with Crippen LogP contribution in [-0.2, 0) is 19.1 Å². The molecule has 0 spiro atoms. The van der Waals surface area contributed by atoms with Crippen molar-refractivity contribution >= 4 is 17.6 Å². The third kappa shape index (κ3) is 4.20. The molecule has 2 aromatic rings. The van der Waals surface area contributed by atoms with E-state index in [9.17, 15) is 9.59 Å². The van der Waals surface area contributed by atoms with E-state index in [1.165, 1.54) is 34.3 Å². The molecule has 1 saturated heterocycles. The number of benzene rings is 1. The van der Waals surface area contributed by atoms with E-state index in [2.05, 4.69) is 15.3 Å². The Hall–Kier alpha value is -3.62. The number of aromatic nitrogens is 2. The van der Waals surface area contributed by atoms with Gasteiger partial charge in [-0.15, -0.1) is 0 Å². The van der Waals surface area contributed by atoms with Crippen LogP contribution in [0.2, 0.25) is 0 Å². The quantitative estimate of drug-likeness (QED) is 0.471. The van der Waals surface area contributed by atoms with Crippen LogP contribution in [0.1, 0.15) is 13.8 Å². The third-order valence-corrected chi connectivity index (χ3v) is 3.72. The highest BCUT2D eigenvalue weighted by molar-refractivity contribution is 6.15. The SMILES string of the molecule is COc1cc(OC)nc(-c2cccc(NC=C3C(=O)OC(C)(C)OC3=O)c2)n1. The van der Waals surface area contributed by atoms with Gasteiger partial charge in [-0.2, -0.15) is 9.97 Å². The van der Waals surface area contributed by atoms with Crippen molar-refractivity contribution < 1.29 is 28.5 Å². The number of esters is 2. The average molecular weight is 385 g/mol. The number of hydrogen-bond donors (Lipinski definition) is 1. The fourth-order valence-electron chi connectivity index (χ4n) is 2.42. The molecule has 0 atom stereocenters. The minimum absolute atomic E-state index is 0.232. The molecule has 0 radical (unpaired) electrons. The summed E-state index contributed by atoms with van der Waals surface area (Å²) >= 11 is 0. The molecule has 0 bridgehead atoms. The van der Waals surface area contributed by atoms with Crippen molar-refractivity contribution in [1.29, 1.82) is 0 Å². The monoisotopic (exact) mass is 385 g/mol. The third-order valence-electron chi connectivity index (χ3n) is 3.72. The maximum atomic E-state index is 12.0. The lowest BCUT2D eigenvalue weighted by Crippen LogP contribution is -2.42. The molecule has 2 heterocycles. The summed E-state index contributed by atoms with van der Waals surface area (Å²) < 4.78 is 20.4. The summed E-state index contributed by atoms with van der Waals surface area (Å²) in [5, 5.41) is 2.89. The van der Waals surface area contributed by atoms with Crippen LogP contribution in [0, 0.1) is 0 Å². The molecule has 0 saturated carbocycles. The van der Waals surface area contributed by atoms with Crippen molar-refractivity contribution in [2.75, 3.05) is 19.5 Å².